The van der Waals surface area contributed by atoms with E-state index >= 15 is 0 Å². The van der Waals surface area contributed by atoms with E-state index in [4.69, 9.17) is 5.73 Å². The maximum Gasteiger partial charge on any atom is 0.237 e. The van der Waals surface area contributed by atoms with E-state index in [1.54, 1.807) is 0 Å². The van der Waals surface area contributed by atoms with Crippen molar-refractivity contribution in [2.45, 2.75) is 51.7 Å². The molecule has 0 radical (unpaired) electrons. The van der Waals surface area contributed by atoms with Crippen LogP contribution in [0.25, 0.3) is 0 Å². The van der Waals surface area contributed by atoms with E-state index in [1.165, 1.54) is 0 Å². The van der Waals surface area contributed by atoms with Crippen molar-refractivity contribution in [3.63, 3.8) is 0 Å². The summed E-state index contributed by atoms with van der Waals surface area (Å²) in [5.41, 5.74) is 5.74. The molecule has 0 heterocycles. The van der Waals surface area contributed by atoms with Crippen molar-refractivity contribution in [2.24, 2.45) is 17.6 Å². The van der Waals surface area contributed by atoms with Gasteiger partial charge in [0.1, 0.15) is 0 Å². The standard InChI is InChI=1S/C12H24N2O2.ClH/c1-8(2)11(13)12(16)14-7-9-5-3-4-6-10(9)15;/h8-11,15H,3-7,13H2,1-2H3,(H,14,16);1H. The first-order valence-corrected chi connectivity index (χ1v) is 6.23. The van der Waals surface area contributed by atoms with Crippen LogP contribution in [0.3, 0.4) is 0 Å². The maximum atomic E-state index is 11.6. The number of nitrogens with two attached hydrogens (primary N) is 1. The molecule has 0 saturated heterocycles. The molecule has 102 valence electrons. The molecule has 4 nitrogen and oxygen atoms in total. The first-order valence-electron chi connectivity index (χ1n) is 6.23. The molecular weight excluding hydrogens is 240 g/mol. The van der Waals surface area contributed by atoms with Gasteiger partial charge in [-0.15, -0.1) is 12.4 Å². The van der Waals surface area contributed by atoms with Crippen LogP contribution in [0.1, 0.15) is 39.5 Å². The summed E-state index contributed by atoms with van der Waals surface area (Å²) in [7, 11) is 0. The molecule has 0 aromatic heterocycles. The van der Waals surface area contributed by atoms with Crippen molar-refractivity contribution in [3.05, 3.63) is 0 Å². The molecule has 1 saturated carbocycles. The Labute approximate surface area is 110 Å². The monoisotopic (exact) mass is 264 g/mol. The Morgan fingerprint density at radius 1 is 1.41 bits per heavy atom. The van der Waals surface area contributed by atoms with Gasteiger partial charge in [0.25, 0.3) is 0 Å². The van der Waals surface area contributed by atoms with Crippen LogP contribution < -0.4 is 11.1 Å². The lowest BCUT2D eigenvalue weighted by atomic mass is 9.86. The SMILES string of the molecule is CC(C)C(N)C(=O)NCC1CCCCC1O.Cl. The van der Waals surface area contributed by atoms with Gasteiger partial charge < -0.3 is 16.2 Å². The fraction of sp³-hybridized carbons (Fsp3) is 0.917. The number of nitrogens with one attached hydrogen (secondary N) is 1. The third kappa shape index (κ3) is 5.23. The van der Waals surface area contributed by atoms with E-state index in [9.17, 15) is 9.90 Å². The number of halogens is 1. The average molecular weight is 265 g/mol. The number of amides is 1. The van der Waals surface area contributed by atoms with E-state index < -0.39 is 6.04 Å². The molecule has 0 bridgehead atoms. The average Bonchev–Trinajstić information content (AvgIpc) is 2.26. The highest BCUT2D eigenvalue weighted by Gasteiger charge is 2.24. The Morgan fingerprint density at radius 2 is 2.00 bits per heavy atom. The van der Waals surface area contributed by atoms with Crippen LogP contribution in [0.2, 0.25) is 0 Å². The fourth-order valence-corrected chi connectivity index (χ4v) is 2.08. The number of carbonyl (C=O) groups excluding carboxylic acids is 1. The predicted molar refractivity (Wildman–Crippen MR) is 71.0 cm³/mol. The Bertz CT molecular complexity index is 237. The highest BCUT2D eigenvalue weighted by Crippen LogP contribution is 2.23. The molecule has 3 atom stereocenters. The summed E-state index contributed by atoms with van der Waals surface area (Å²) in [6.45, 7) is 4.42. The molecule has 1 aliphatic carbocycles. The van der Waals surface area contributed by atoms with Crippen LogP contribution in [0.4, 0.5) is 0 Å². The van der Waals surface area contributed by atoms with Crippen molar-refractivity contribution >= 4 is 18.3 Å². The quantitative estimate of drug-likeness (QED) is 0.711. The maximum absolute atomic E-state index is 11.6. The van der Waals surface area contributed by atoms with Gasteiger partial charge in [-0.2, -0.15) is 0 Å². The van der Waals surface area contributed by atoms with Gasteiger partial charge >= 0.3 is 0 Å². The van der Waals surface area contributed by atoms with Crippen LogP contribution in [0.15, 0.2) is 0 Å². The zero-order chi connectivity index (χ0) is 12.1. The second-order valence-electron chi connectivity index (χ2n) is 5.13. The van der Waals surface area contributed by atoms with Gasteiger partial charge in [0.05, 0.1) is 12.1 Å². The molecule has 1 aliphatic rings. The summed E-state index contributed by atoms with van der Waals surface area (Å²) in [5.74, 6) is 0.251. The van der Waals surface area contributed by atoms with Gasteiger partial charge in [0.15, 0.2) is 0 Å². The van der Waals surface area contributed by atoms with E-state index in [1.807, 2.05) is 13.8 Å². The zero-order valence-electron chi connectivity index (χ0n) is 10.7. The largest absolute Gasteiger partial charge is 0.393 e. The second kappa shape index (κ2) is 7.90. The lowest BCUT2D eigenvalue weighted by molar-refractivity contribution is -0.123. The summed E-state index contributed by atoms with van der Waals surface area (Å²) in [5, 5.41) is 12.6. The summed E-state index contributed by atoms with van der Waals surface area (Å²) >= 11 is 0. The normalized spacial score (nSPS) is 26.2. The molecule has 3 unspecified atom stereocenters. The topological polar surface area (TPSA) is 75.4 Å². The van der Waals surface area contributed by atoms with Crippen molar-refractivity contribution < 1.29 is 9.90 Å². The molecule has 1 fully saturated rings. The van der Waals surface area contributed by atoms with Gasteiger partial charge in [0, 0.05) is 12.5 Å². The van der Waals surface area contributed by atoms with Crippen molar-refractivity contribution in [3.8, 4) is 0 Å². The zero-order valence-corrected chi connectivity index (χ0v) is 11.5. The number of hydrogen-bond donors (Lipinski definition) is 3. The Hall–Kier alpha value is -0.320. The number of carbonyl (C=O) groups is 1. The third-order valence-electron chi connectivity index (χ3n) is 3.43. The molecule has 1 amide bonds. The molecule has 4 N–H and O–H groups in total. The molecule has 17 heavy (non-hydrogen) atoms. The fourth-order valence-electron chi connectivity index (χ4n) is 2.08. The molecule has 5 heteroatoms. The molecule has 0 spiro atoms. The van der Waals surface area contributed by atoms with E-state index in [2.05, 4.69) is 5.32 Å². The minimum atomic E-state index is -0.444. The third-order valence-corrected chi connectivity index (χ3v) is 3.43. The lowest BCUT2D eigenvalue weighted by Crippen LogP contribution is -2.46. The molecule has 0 aliphatic heterocycles. The minimum absolute atomic E-state index is 0. The highest BCUT2D eigenvalue weighted by molar-refractivity contribution is 5.85. The van der Waals surface area contributed by atoms with Gasteiger partial charge in [0.2, 0.25) is 5.91 Å². The van der Waals surface area contributed by atoms with Crippen LogP contribution in [0.5, 0.6) is 0 Å². The second-order valence-corrected chi connectivity index (χ2v) is 5.13. The number of rotatable bonds is 4. The van der Waals surface area contributed by atoms with E-state index in [0.717, 1.165) is 25.7 Å². The van der Waals surface area contributed by atoms with E-state index in [0.29, 0.717) is 6.54 Å². The number of aliphatic hydroxyl groups excluding tert-OH is 1. The Kier molecular flexibility index (Phi) is 7.75. The highest BCUT2D eigenvalue weighted by atomic mass is 35.5. The first-order chi connectivity index (χ1) is 7.52. The number of aliphatic hydroxyl groups is 1. The number of hydrogen-bond acceptors (Lipinski definition) is 3. The smallest absolute Gasteiger partial charge is 0.237 e. The van der Waals surface area contributed by atoms with E-state index in [-0.39, 0.29) is 36.3 Å². The summed E-state index contributed by atoms with van der Waals surface area (Å²) < 4.78 is 0. The summed E-state index contributed by atoms with van der Waals surface area (Å²) in [4.78, 5) is 11.6. The van der Waals surface area contributed by atoms with Crippen LogP contribution in [0, 0.1) is 11.8 Å². The molecule has 1 rings (SSSR count). The summed E-state index contributed by atoms with van der Waals surface area (Å²) in [6, 6.07) is -0.444. The van der Waals surface area contributed by atoms with Crippen molar-refractivity contribution in [1.82, 2.24) is 5.32 Å². The van der Waals surface area contributed by atoms with Crippen LogP contribution >= 0.6 is 12.4 Å². The minimum Gasteiger partial charge on any atom is -0.393 e. The van der Waals surface area contributed by atoms with Gasteiger partial charge in [-0.3, -0.25) is 4.79 Å². The van der Waals surface area contributed by atoms with Gasteiger partial charge in [-0.05, 0) is 18.8 Å². The first kappa shape index (κ1) is 16.7. The summed E-state index contributed by atoms with van der Waals surface area (Å²) in [6.07, 6.45) is 3.84. The molecular formula is C12H25ClN2O2. The molecule has 0 aromatic rings. The predicted octanol–water partition coefficient (Wildman–Crippen LogP) is 1.06. The van der Waals surface area contributed by atoms with Gasteiger partial charge in [-0.25, -0.2) is 0 Å². The van der Waals surface area contributed by atoms with Crippen LogP contribution in [-0.2, 0) is 4.79 Å². The lowest BCUT2D eigenvalue weighted by Gasteiger charge is -2.28. The van der Waals surface area contributed by atoms with Crippen molar-refractivity contribution in [1.29, 1.82) is 0 Å². The molecule has 0 aromatic carbocycles. The Balaban J connectivity index is 0.00000256. The van der Waals surface area contributed by atoms with Crippen LogP contribution in [-0.4, -0.2) is 29.7 Å². The Morgan fingerprint density at radius 3 is 2.53 bits per heavy atom. The van der Waals surface area contributed by atoms with Gasteiger partial charge in [-0.1, -0.05) is 26.7 Å². The van der Waals surface area contributed by atoms with Crippen molar-refractivity contribution in [2.75, 3.05) is 6.54 Å².